The van der Waals surface area contributed by atoms with Crippen LogP contribution in [-0.2, 0) is 0 Å². The van der Waals surface area contributed by atoms with Gasteiger partial charge in [-0.3, -0.25) is 9.36 Å². The van der Waals surface area contributed by atoms with E-state index in [4.69, 9.17) is 5.73 Å². The molecule has 7 nitrogen and oxygen atoms in total. The molecule has 25 heavy (non-hydrogen) atoms. The molecule has 0 radical (unpaired) electrons. The molecule has 0 atom stereocenters. The summed E-state index contributed by atoms with van der Waals surface area (Å²) in [7, 11) is 0. The second kappa shape index (κ2) is 5.72. The second-order valence-corrected chi connectivity index (χ2v) is 5.40. The van der Waals surface area contributed by atoms with Crippen LogP contribution in [0.25, 0.3) is 28.2 Å². The molecule has 2 aromatic heterocycles. The summed E-state index contributed by atoms with van der Waals surface area (Å²) < 4.78 is 1.74. The third-order valence-corrected chi connectivity index (χ3v) is 3.81. The van der Waals surface area contributed by atoms with Crippen molar-refractivity contribution in [3.8, 4) is 22.8 Å². The first kappa shape index (κ1) is 14.8. The van der Waals surface area contributed by atoms with Crippen molar-refractivity contribution in [2.45, 2.75) is 0 Å². The van der Waals surface area contributed by atoms with Crippen LogP contribution in [0.3, 0.4) is 0 Å². The maximum Gasteiger partial charge on any atom is 0.269 e. The SMILES string of the molecule is NC(=O)c1nc(-c2ccccc2O)nc2c1ncn2-c1ccccc1. The molecular formula is C18H13N5O2. The minimum absolute atomic E-state index is 0.0120. The zero-order chi connectivity index (χ0) is 17.4. The average molecular weight is 331 g/mol. The fourth-order valence-electron chi connectivity index (χ4n) is 2.63. The van der Waals surface area contributed by atoms with Crippen molar-refractivity contribution in [1.29, 1.82) is 0 Å². The number of para-hydroxylation sites is 2. The lowest BCUT2D eigenvalue weighted by Gasteiger charge is -2.07. The summed E-state index contributed by atoms with van der Waals surface area (Å²) in [6.45, 7) is 0. The van der Waals surface area contributed by atoms with E-state index in [0.717, 1.165) is 5.69 Å². The van der Waals surface area contributed by atoms with Gasteiger partial charge in [-0.2, -0.15) is 0 Å². The van der Waals surface area contributed by atoms with Gasteiger partial charge < -0.3 is 10.8 Å². The lowest BCUT2D eigenvalue weighted by molar-refractivity contribution is 0.0997. The quantitative estimate of drug-likeness (QED) is 0.599. The predicted molar refractivity (Wildman–Crippen MR) is 92.3 cm³/mol. The van der Waals surface area contributed by atoms with E-state index in [9.17, 15) is 9.90 Å². The Balaban J connectivity index is 2.03. The first-order valence-corrected chi connectivity index (χ1v) is 7.54. The highest BCUT2D eigenvalue weighted by Gasteiger charge is 2.19. The van der Waals surface area contributed by atoms with E-state index in [2.05, 4.69) is 15.0 Å². The number of benzene rings is 2. The van der Waals surface area contributed by atoms with Gasteiger partial charge in [-0.25, -0.2) is 15.0 Å². The van der Waals surface area contributed by atoms with Crippen LogP contribution in [0.1, 0.15) is 10.5 Å². The maximum absolute atomic E-state index is 11.8. The first-order chi connectivity index (χ1) is 12.1. The van der Waals surface area contributed by atoms with Crippen LogP contribution in [0.5, 0.6) is 5.75 Å². The van der Waals surface area contributed by atoms with Gasteiger partial charge in [-0.15, -0.1) is 0 Å². The molecular weight excluding hydrogens is 318 g/mol. The Morgan fingerprint density at radius 3 is 2.44 bits per heavy atom. The van der Waals surface area contributed by atoms with E-state index in [-0.39, 0.29) is 17.3 Å². The number of imidazole rings is 1. The Labute approximate surface area is 142 Å². The number of aromatic hydroxyl groups is 1. The predicted octanol–water partition coefficient (Wildman–Crippen LogP) is 2.29. The zero-order valence-electron chi connectivity index (χ0n) is 13.0. The zero-order valence-corrected chi connectivity index (χ0v) is 13.0. The van der Waals surface area contributed by atoms with E-state index in [0.29, 0.717) is 16.7 Å². The monoisotopic (exact) mass is 331 g/mol. The van der Waals surface area contributed by atoms with E-state index in [1.807, 2.05) is 30.3 Å². The normalized spacial score (nSPS) is 10.9. The Hall–Kier alpha value is -3.74. The van der Waals surface area contributed by atoms with Crippen LogP contribution in [0.2, 0.25) is 0 Å². The number of aromatic nitrogens is 4. The fourth-order valence-corrected chi connectivity index (χ4v) is 2.63. The van der Waals surface area contributed by atoms with Gasteiger partial charge in [0.15, 0.2) is 17.2 Å². The number of rotatable bonds is 3. The van der Waals surface area contributed by atoms with Gasteiger partial charge in [0.2, 0.25) is 0 Å². The number of nitrogens with two attached hydrogens (primary N) is 1. The van der Waals surface area contributed by atoms with Crippen LogP contribution >= 0.6 is 0 Å². The van der Waals surface area contributed by atoms with Crippen molar-refractivity contribution in [1.82, 2.24) is 19.5 Å². The number of phenolic OH excluding ortho intramolecular Hbond substituents is 1. The molecule has 122 valence electrons. The first-order valence-electron chi connectivity index (χ1n) is 7.54. The molecule has 0 spiro atoms. The van der Waals surface area contributed by atoms with Crippen LogP contribution in [-0.4, -0.2) is 30.5 Å². The molecule has 0 aliphatic rings. The van der Waals surface area contributed by atoms with Crippen molar-refractivity contribution in [2.75, 3.05) is 0 Å². The topological polar surface area (TPSA) is 107 Å². The van der Waals surface area contributed by atoms with Crippen molar-refractivity contribution in [3.05, 3.63) is 66.6 Å². The molecule has 0 aliphatic carbocycles. The molecule has 2 heterocycles. The molecule has 0 bridgehead atoms. The van der Waals surface area contributed by atoms with E-state index in [1.165, 1.54) is 6.07 Å². The van der Waals surface area contributed by atoms with Crippen LogP contribution in [0.15, 0.2) is 60.9 Å². The Kier molecular flexibility index (Phi) is 3.39. The highest BCUT2D eigenvalue weighted by Crippen LogP contribution is 2.28. The van der Waals surface area contributed by atoms with Crippen LogP contribution in [0, 0.1) is 0 Å². The number of hydrogen-bond acceptors (Lipinski definition) is 5. The maximum atomic E-state index is 11.8. The molecule has 0 saturated heterocycles. The van der Waals surface area contributed by atoms with E-state index >= 15 is 0 Å². The number of fused-ring (bicyclic) bond motifs is 1. The second-order valence-electron chi connectivity index (χ2n) is 5.40. The molecule has 2 aromatic carbocycles. The van der Waals surface area contributed by atoms with Crippen LogP contribution < -0.4 is 5.73 Å². The molecule has 0 saturated carbocycles. The molecule has 0 aliphatic heterocycles. The van der Waals surface area contributed by atoms with Crippen LogP contribution in [0.4, 0.5) is 0 Å². The molecule has 4 aromatic rings. The number of carbonyl (C=O) groups is 1. The molecule has 0 fully saturated rings. The number of amides is 1. The summed E-state index contributed by atoms with van der Waals surface area (Å²) in [5.41, 5.74) is 7.48. The minimum Gasteiger partial charge on any atom is -0.507 e. The number of nitrogens with zero attached hydrogens (tertiary/aromatic N) is 4. The summed E-state index contributed by atoms with van der Waals surface area (Å²) in [5.74, 6) is -0.484. The Morgan fingerprint density at radius 1 is 1.00 bits per heavy atom. The van der Waals surface area contributed by atoms with Gasteiger partial charge in [0.25, 0.3) is 5.91 Å². The van der Waals surface area contributed by atoms with Gasteiger partial charge in [0, 0.05) is 5.69 Å². The lowest BCUT2D eigenvalue weighted by Crippen LogP contribution is -2.15. The van der Waals surface area contributed by atoms with Crippen molar-refractivity contribution >= 4 is 17.1 Å². The standard InChI is InChI=1S/C18H13N5O2/c19-16(25)14-15-18(23(10-20-15)11-6-2-1-3-7-11)22-17(21-14)12-8-4-5-9-13(12)24/h1-10,24H,(H2,19,25). The summed E-state index contributed by atoms with van der Waals surface area (Å²) in [6, 6.07) is 16.1. The minimum atomic E-state index is -0.706. The number of carbonyl (C=O) groups excluding carboxylic acids is 1. The van der Waals surface area contributed by atoms with Gasteiger partial charge in [0.05, 0.1) is 5.56 Å². The Bertz CT molecular complexity index is 1090. The highest BCUT2D eigenvalue weighted by atomic mass is 16.3. The highest BCUT2D eigenvalue weighted by molar-refractivity contribution is 6.02. The molecule has 7 heteroatoms. The average Bonchev–Trinajstić information content (AvgIpc) is 3.06. The van der Waals surface area contributed by atoms with Gasteiger partial charge in [-0.1, -0.05) is 30.3 Å². The van der Waals surface area contributed by atoms with Gasteiger partial charge in [0.1, 0.15) is 17.6 Å². The van der Waals surface area contributed by atoms with Gasteiger partial charge >= 0.3 is 0 Å². The summed E-state index contributed by atoms with van der Waals surface area (Å²) in [4.78, 5) is 24.8. The fraction of sp³-hybridized carbons (Fsp3) is 0. The number of hydrogen-bond donors (Lipinski definition) is 2. The van der Waals surface area contributed by atoms with Gasteiger partial charge in [-0.05, 0) is 24.3 Å². The molecule has 3 N–H and O–H groups in total. The third kappa shape index (κ3) is 2.47. The van der Waals surface area contributed by atoms with Crippen molar-refractivity contribution in [3.63, 3.8) is 0 Å². The summed E-state index contributed by atoms with van der Waals surface area (Å²) in [5, 5.41) is 10.1. The van der Waals surface area contributed by atoms with E-state index < -0.39 is 5.91 Å². The summed E-state index contributed by atoms with van der Waals surface area (Å²) >= 11 is 0. The van der Waals surface area contributed by atoms with E-state index in [1.54, 1.807) is 29.1 Å². The van der Waals surface area contributed by atoms with Crippen molar-refractivity contribution in [2.24, 2.45) is 5.73 Å². The Morgan fingerprint density at radius 2 is 1.72 bits per heavy atom. The molecule has 1 amide bonds. The molecule has 4 rings (SSSR count). The number of phenols is 1. The number of primary amides is 1. The largest absolute Gasteiger partial charge is 0.507 e. The summed E-state index contributed by atoms with van der Waals surface area (Å²) in [6.07, 6.45) is 1.57. The lowest BCUT2D eigenvalue weighted by atomic mass is 10.2. The smallest absolute Gasteiger partial charge is 0.269 e. The van der Waals surface area contributed by atoms with Crippen molar-refractivity contribution < 1.29 is 9.90 Å². The molecule has 0 unspecified atom stereocenters. The third-order valence-electron chi connectivity index (χ3n) is 3.81.